The summed E-state index contributed by atoms with van der Waals surface area (Å²) in [5.41, 5.74) is 0. The summed E-state index contributed by atoms with van der Waals surface area (Å²) in [7, 11) is 0. The molecule has 104 valence electrons. The molecule has 0 saturated heterocycles. The molecule has 0 aromatic heterocycles. The van der Waals surface area contributed by atoms with Crippen LogP contribution < -0.4 is 0 Å². The van der Waals surface area contributed by atoms with Crippen LogP contribution in [0, 0.1) is 138 Å². The van der Waals surface area contributed by atoms with Crippen LogP contribution in [0.15, 0.2) is 0 Å². The van der Waals surface area contributed by atoms with Crippen molar-refractivity contribution in [1.29, 1.82) is 0 Å². The number of hydrogen-bond acceptors (Lipinski definition) is 0. The van der Waals surface area contributed by atoms with Crippen LogP contribution in [-0.4, -0.2) is 15.0 Å². The minimum absolute atomic E-state index is 2.15. The first-order chi connectivity index (χ1) is 12.2. The second-order valence-electron chi connectivity index (χ2n) is 3.52. The van der Waals surface area contributed by atoms with Crippen molar-refractivity contribution in [3.05, 3.63) is 0 Å². The second-order valence-corrected chi connectivity index (χ2v) is 9.58. The molecular formula is C24H4Ga-. The van der Waals surface area contributed by atoms with Gasteiger partial charge in [0.2, 0.25) is 0 Å². The van der Waals surface area contributed by atoms with E-state index in [2.05, 4.69) is 113 Å². The van der Waals surface area contributed by atoms with Crippen molar-refractivity contribution >= 4 is 15.0 Å². The zero-order valence-corrected chi connectivity index (χ0v) is 15.3. The SMILES string of the molecule is C#CC#CC#[C][Ga-]([C]#CC#CC#C)([C]#CC#CC#C)[C]#CC#CC#C. The van der Waals surface area contributed by atoms with Gasteiger partial charge in [-0.3, -0.25) is 0 Å². The van der Waals surface area contributed by atoms with E-state index in [0.717, 1.165) is 0 Å². The summed E-state index contributed by atoms with van der Waals surface area (Å²) < 4.78 is 11.6. The van der Waals surface area contributed by atoms with Crippen LogP contribution in [0.2, 0.25) is 0 Å². The van der Waals surface area contributed by atoms with E-state index in [1.165, 1.54) is 0 Å². The van der Waals surface area contributed by atoms with Gasteiger partial charge in [-0.05, 0) is 0 Å². The Morgan fingerprint density at radius 2 is 0.560 bits per heavy atom. The molecule has 0 amide bonds. The van der Waals surface area contributed by atoms with E-state index >= 15 is 0 Å². The van der Waals surface area contributed by atoms with E-state index in [4.69, 9.17) is 25.7 Å². The van der Waals surface area contributed by atoms with E-state index in [9.17, 15) is 0 Å². The Kier molecular flexibility index (Phi) is 11.6. The minimum atomic E-state index is -3.91. The standard InChI is InChI=1S/4C6H.Ga/c4*1-3-5-6-4-2;/h4*1H;/q;;;;-1. The maximum absolute atomic E-state index is 5.05. The van der Waals surface area contributed by atoms with Crippen LogP contribution in [-0.2, 0) is 0 Å². The molecule has 0 aliphatic heterocycles. The molecule has 1 heteroatoms. The van der Waals surface area contributed by atoms with Crippen LogP contribution in [0.4, 0.5) is 0 Å². The molecule has 0 spiro atoms. The summed E-state index contributed by atoms with van der Waals surface area (Å²) in [4.78, 5) is 0. The number of terminal acetylenes is 4. The third kappa shape index (κ3) is 10.7. The molecule has 0 rings (SSSR count). The van der Waals surface area contributed by atoms with Gasteiger partial charge in [-0.15, -0.1) is 0 Å². The van der Waals surface area contributed by atoms with Gasteiger partial charge in [0.05, 0.1) is 0 Å². The second kappa shape index (κ2) is 14.3. The van der Waals surface area contributed by atoms with E-state index in [1.54, 1.807) is 0 Å². The summed E-state index contributed by atoms with van der Waals surface area (Å²) in [6.07, 6.45) is 20.2. The first-order valence-electron chi connectivity index (χ1n) is 6.31. The van der Waals surface area contributed by atoms with Gasteiger partial charge in [0.1, 0.15) is 0 Å². The van der Waals surface area contributed by atoms with Gasteiger partial charge in [-0.2, -0.15) is 0 Å². The zero-order valence-electron chi connectivity index (χ0n) is 12.9. The molecule has 0 fully saturated rings. The maximum atomic E-state index is 5.05. The summed E-state index contributed by atoms with van der Waals surface area (Å²) in [5, 5.41) is 0. The molecule has 0 aliphatic carbocycles. The predicted octanol–water partition coefficient (Wildman–Crippen LogP) is 0.152. The van der Waals surface area contributed by atoms with Crippen LogP contribution in [0.3, 0.4) is 0 Å². The van der Waals surface area contributed by atoms with Crippen LogP contribution in [0.1, 0.15) is 0 Å². The Hall–Kier alpha value is -4.64. The molecule has 0 bridgehead atoms. The quantitative estimate of drug-likeness (QED) is 0.425. The van der Waals surface area contributed by atoms with Gasteiger partial charge >= 0.3 is 153 Å². The first kappa shape index (κ1) is 20.4. The Morgan fingerprint density at radius 1 is 0.320 bits per heavy atom. The zero-order chi connectivity index (χ0) is 18.6. The van der Waals surface area contributed by atoms with E-state index in [1.807, 2.05) is 0 Å². The van der Waals surface area contributed by atoms with Crippen molar-refractivity contribution in [2.45, 2.75) is 0 Å². The normalized spacial score (nSPS) is 5.28. The van der Waals surface area contributed by atoms with Crippen LogP contribution in [0.5, 0.6) is 0 Å². The molecule has 0 nitrogen and oxygen atoms in total. The van der Waals surface area contributed by atoms with Gasteiger partial charge in [0, 0.05) is 0 Å². The van der Waals surface area contributed by atoms with Crippen molar-refractivity contribution in [1.82, 2.24) is 0 Å². The summed E-state index contributed by atoms with van der Waals surface area (Å²) >= 11 is -3.91. The predicted molar refractivity (Wildman–Crippen MR) is 103 cm³/mol. The Balaban J connectivity index is 6.44. The molecule has 0 aromatic rings. The molecule has 0 unspecified atom stereocenters. The summed E-state index contributed by atoms with van der Waals surface area (Å²) in [5.74, 6) is 38.5. The van der Waals surface area contributed by atoms with Crippen molar-refractivity contribution in [2.24, 2.45) is 0 Å². The van der Waals surface area contributed by atoms with Crippen molar-refractivity contribution < 1.29 is 0 Å². The first-order valence-corrected chi connectivity index (χ1v) is 11.2. The van der Waals surface area contributed by atoms with Crippen molar-refractivity contribution in [3.63, 3.8) is 0 Å². The molecule has 0 atom stereocenters. The summed E-state index contributed by atoms with van der Waals surface area (Å²) in [6.45, 7) is 0. The topological polar surface area (TPSA) is 0 Å². The molecular weight excluding hydrogens is 358 g/mol. The third-order valence-electron chi connectivity index (χ3n) is 1.94. The molecule has 0 aromatic carbocycles. The van der Waals surface area contributed by atoms with Crippen molar-refractivity contribution in [3.8, 4) is 138 Å². The fourth-order valence-corrected chi connectivity index (χ4v) is 4.39. The average Bonchev–Trinajstić information content (AvgIpc) is 2.63. The molecule has 0 radical (unpaired) electrons. The van der Waals surface area contributed by atoms with Crippen LogP contribution >= 0.6 is 0 Å². The van der Waals surface area contributed by atoms with E-state index in [-0.39, 0.29) is 0 Å². The molecule has 25 heavy (non-hydrogen) atoms. The average molecular weight is 362 g/mol. The Bertz CT molecular complexity index is 1010. The van der Waals surface area contributed by atoms with Gasteiger partial charge in [0.25, 0.3) is 0 Å². The fourth-order valence-electron chi connectivity index (χ4n) is 1.06. The van der Waals surface area contributed by atoms with Crippen molar-refractivity contribution in [2.75, 3.05) is 0 Å². The third-order valence-corrected chi connectivity index (χ3v) is 6.79. The summed E-state index contributed by atoms with van der Waals surface area (Å²) in [6, 6.07) is 0. The molecule has 0 heterocycles. The van der Waals surface area contributed by atoms with E-state index in [0.29, 0.717) is 0 Å². The number of hydrogen-bond donors (Lipinski definition) is 0. The molecule has 0 saturated carbocycles. The van der Waals surface area contributed by atoms with Gasteiger partial charge < -0.3 is 0 Å². The van der Waals surface area contributed by atoms with Gasteiger partial charge in [-0.25, -0.2) is 0 Å². The number of rotatable bonds is 0. The van der Waals surface area contributed by atoms with Crippen LogP contribution in [0.25, 0.3) is 0 Å². The van der Waals surface area contributed by atoms with E-state index < -0.39 is 15.0 Å². The monoisotopic (exact) mass is 361 g/mol. The van der Waals surface area contributed by atoms with Gasteiger partial charge in [0.15, 0.2) is 0 Å². The molecule has 0 N–H and O–H groups in total. The Morgan fingerprint density at radius 3 is 0.760 bits per heavy atom. The van der Waals surface area contributed by atoms with Gasteiger partial charge in [-0.1, -0.05) is 0 Å². The Labute approximate surface area is 153 Å². The fraction of sp³-hybridized carbons (Fsp3) is 0. The molecule has 0 aliphatic rings.